The van der Waals surface area contributed by atoms with Crippen molar-refractivity contribution in [3.63, 3.8) is 0 Å². The topological polar surface area (TPSA) is 83.3 Å². The summed E-state index contributed by atoms with van der Waals surface area (Å²) in [5.74, 6) is 0.499. The zero-order valence-corrected chi connectivity index (χ0v) is 18.5. The lowest BCUT2D eigenvalue weighted by Gasteiger charge is -2.18. The molecule has 29 heavy (non-hydrogen) atoms. The molecule has 2 aromatic rings. The second-order valence-electron chi connectivity index (χ2n) is 7.32. The van der Waals surface area contributed by atoms with Gasteiger partial charge >= 0.3 is 0 Å². The van der Waals surface area contributed by atoms with Gasteiger partial charge < -0.3 is 16.0 Å². The molecule has 0 bridgehead atoms. The number of nitrogens with one attached hydrogen (secondary N) is 3. The van der Waals surface area contributed by atoms with Crippen molar-refractivity contribution in [2.75, 3.05) is 18.4 Å². The Hall–Kier alpha value is -2.83. The molecule has 1 aromatic carbocycles. The van der Waals surface area contributed by atoms with E-state index in [1.54, 1.807) is 0 Å². The zero-order valence-electron chi connectivity index (χ0n) is 18.5. The lowest BCUT2D eigenvalue weighted by molar-refractivity contribution is -0.114. The third-order valence-corrected chi connectivity index (χ3v) is 4.90. The summed E-state index contributed by atoms with van der Waals surface area (Å²) >= 11 is 0. The molecule has 1 amide bonds. The number of hydrogen-bond donors (Lipinski definition) is 3. The van der Waals surface area contributed by atoms with Crippen molar-refractivity contribution in [2.45, 2.75) is 53.5 Å². The van der Waals surface area contributed by atoms with Crippen molar-refractivity contribution in [1.82, 2.24) is 20.4 Å². The summed E-state index contributed by atoms with van der Waals surface area (Å²) in [6, 6.07) is 8.04. The number of benzene rings is 1. The first-order valence-corrected chi connectivity index (χ1v) is 10.3. The van der Waals surface area contributed by atoms with Crippen molar-refractivity contribution in [3.8, 4) is 0 Å². The molecular formula is C22H34N6O. The van der Waals surface area contributed by atoms with Crippen molar-refractivity contribution in [1.29, 1.82) is 0 Å². The molecule has 0 saturated heterocycles. The van der Waals surface area contributed by atoms with Crippen LogP contribution in [0.15, 0.2) is 29.3 Å². The Balaban J connectivity index is 1.96. The Labute approximate surface area is 174 Å². The van der Waals surface area contributed by atoms with Crippen LogP contribution in [0.1, 0.15) is 43.3 Å². The van der Waals surface area contributed by atoms with E-state index in [4.69, 9.17) is 0 Å². The lowest BCUT2D eigenvalue weighted by atomic mass is 10.1. The van der Waals surface area contributed by atoms with E-state index in [1.807, 2.05) is 49.8 Å². The van der Waals surface area contributed by atoms with E-state index in [-0.39, 0.29) is 18.5 Å². The Bertz CT molecular complexity index is 855. The van der Waals surface area contributed by atoms with Crippen LogP contribution in [0, 0.1) is 13.8 Å². The van der Waals surface area contributed by atoms with E-state index in [9.17, 15) is 4.79 Å². The van der Waals surface area contributed by atoms with Gasteiger partial charge in [-0.1, -0.05) is 19.1 Å². The van der Waals surface area contributed by atoms with Crippen LogP contribution in [0.2, 0.25) is 0 Å². The summed E-state index contributed by atoms with van der Waals surface area (Å²) in [6.45, 7) is 11.1. The number of amides is 1. The SMILES string of the molecule is CCNC(=NCC(=O)Nc1cccc(CC)c1)NC(C)Cc1c(C)nn(C)c1C. The van der Waals surface area contributed by atoms with Crippen molar-refractivity contribution >= 4 is 17.6 Å². The van der Waals surface area contributed by atoms with Gasteiger partial charge in [0.05, 0.1) is 5.69 Å². The molecule has 0 spiro atoms. The fraction of sp³-hybridized carbons (Fsp3) is 0.500. The monoisotopic (exact) mass is 398 g/mol. The van der Waals surface area contributed by atoms with Crippen molar-refractivity contribution in [2.24, 2.45) is 12.0 Å². The van der Waals surface area contributed by atoms with Crippen LogP contribution in [0.25, 0.3) is 0 Å². The quantitative estimate of drug-likeness (QED) is 0.472. The van der Waals surface area contributed by atoms with Gasteiger partial charge in [0.2, 0.25) is 5.91 Å². The van der Waals surface area contributed by atoms with E-state index < -0.39 is 0 Å². The minimum atomic E-state index is -0.137. The fourth-order valence-corrected chi connectivity index (χ4v) is 3.24. The van der Waals surface area contributed by atoms with E-state index in [0.717, 1.165) is 30.8 Å². The Morgan fingerprint density at radius 2 is 2.03 bits per heavy atom. The molecule has 1 atom stereocenters. The highest BCUT2D eigenvalue weighted by molar-refractivity contribution is 5.94. The maximum atomic E-state index is 12.3. The summed E-state index contributed by atoms with van der Waals surface area (Å²) in [5, 5.41) is 14.0. The molecule has 0 aliphatic rings. The van der Waals surface area contributed by atoms with E-state index >= 15 is 0 Å². The number of rotatable bonds is 8. The third kappa shape index (κ3) is 6.62. The smallest absolute Gasteiger partial charge is 0.246 e. The highest BCUT2D eigenvalue weighted by Gasteiger charge is 2.14. The maximum absolute atomic E-state index is 12.3. The standard InChI is InChI=1S/C22H34N6O/c1-7-18-10-9-11-19(13-18)26-21(29)14-24-22(23-8-2)25-15(3)12-20-16(4)27-28(6)17(20)5/h9-11,13,15H,7-8,12,14H2,1-6H3,(H,26,29)(H2,23,24,25). The maximum Gasteiger partial charge on any atom is 0.246 e. The minimum absolute atomic E-state index is 0.0589. The second kappa shape index (κ2) is 10.6. The fourth-order valence-electron chi connectivity index (χ4n) is 3.24. The summed E-state index contributed by atoms with van der Waals surface area (Å²) in [4.78, 5) is 16.8. The van der Waals surface area contributed by atoms with Gasteiger partial charge in [-0.25, -0.2) is 4.99 Å². The average Bonchev–Trinajstić information content (AvgIpc) is 2.92. The number of aryl methyl sites for hydroxylation is 3. The highest BCUT2D eigenvalue weighted by atomic mass is 16.1. The van der Waals surface area contributed by atoms with Crippen LogP contribution < -0.4 is 16.0 Å². The molecule has 1 aromatic heterocycles. The number of carbonyl (C=O) groups excluding carboxylic acids is 1. The van der Waals surface area contributed by atoms with Gasteiger partial charge in [-0.05, 0) is 63.8 Å². The Morgan fingerprint density at radius 3 is 2.66 bits per heavy atom. The summed E-state index contributed by atoms with van der Waals surface area (Å²) in [5.41, 5.74) is 5.47. The number of guanidine groups is 1. The van der Waals surface area contributed by atoms with Crippen LogP contribution >= 0.6 is 0 Å². The predicted molar refractivity (Wildman–Crippen MR) is 119 cm³/mol. The van der Waals surface area contributed by atoms with Crippen LogP contribution in [-0.4, -0.2) is 40.8 Å². The van der Waals surface area contributed by atoms with E-state index in [2.05, 4.69) is 46.8 Å². The number of aliphatic imine (C=N–C) groups is 1. The first-order valence-electron chi connectivity index (χ1n) is 10.3. The van der Waals surface area contributed by atoms with Gasteiger partial charge in [-0.15, -0.1) is 0 Å². The Morgan fingerprint density at radius 1 is 1.28 bits per heavy atom. The van der Waals surface area contributed by atoms with Crippen molar-refractivity contribution in [3.05, 3.63) is 46.8 Å². The first kappa shape index (κ1) is 22.5. The number of nitrogens with zero attached hydrogens (tertiary/aromatic N) is 3. The average molecular weight is 399 g/mol. The largest absolute Gasteiger partial charge is 0.357 e. The van der Waals surface area contributed by atoms with Crippen LogP contribution in [0.3, 0.4) is 0 Å². The molecule has 0 saturated carbocycles. The summed E-state index contributed by atoms with van der Waals surface area (Å²) in [7, 11) is 1.96. The van der Waals surface area contributed by atoms with Gasteiger partial charge in [0.15, 0.2) is 5.96 Å². The van der Waals surface area contributed by atoms with Gasteiger partial charge in [0.25, 0.3) is 0 Å². The van der Waals surface area contributed by atoms with E-state index in [0.29, 0.717) is 5.96 Å². The molecule has 158 valence electrons. The van der Waals surface area contributed by atoms with Gasteiger partial charge in [-0.2, -0.15) is 5.10 Å². The van der Waals surface area contributed by atoms with E-state index in [1.165, 1.54) is 16.8 Å². The molecular weight excluding hydrogens is 364 g/mol. The molecule has 1 unspecified atom stereocenters. The second-order valence-corrected chi connectivity index (χ2v) is 7.32. The minimum Gasteiger partial charge on any atom is -0.357 e. The van der Waals surface area contributed by atoms with Gasteiger partial charge in [0.1, 0.15) is 6.54 Å². The van der Waals surface area contributed by atoms with Gasteiger partial charge in [-0.3, -0.25) is 9.48 Å². The number of aromatic nitrogens is 2. The van der Waals surface area contributed by atoms with Crippen LogP contribution in [-0.2, 0) is 24.7 Å². The molecule has 7 heteroatoms. The molecule has 2 rings (SSSR count). The molecule has 3 N–H and O–H groups in total. The number of carbonyl (C=O) groups is 1. The molecule has 0 radical (unpaired) electrons. The predicted octanol–water partition coefficient (Wildman–Crippen LogP) is 2.72. The molecule has 0 fully saturated rings. The third-order valence-electron chi connectivity index (χ3n) is 4.90. The molecule has 0 aliphatic heterocycles. The van der Waals surface area contributed by atoms with Crippen molar-refractivity contribution < 1.29 is 4.79 Å². The Kier molecular flexibility index (Phi) is 8.24. The normalized spacial score (nSPS) is 12.6. The first-order chi connectivity index (χ1) is 13.8. The molecule has 1 heterocycles. The molecule has 7 nitrogen and oxygen atoms in total. The number of hydrogen-bond acceptors (Lipinski definition) is 3. The van der Waals surface area contributed by atoms with Crippen LogP contribution in [0.5, 0.6) is 0 Å². The lowest BCUT2D eigenvalue weighted by Crippen LogP contribution is -2.43. The highest BCUT2D eigenvalue weighted by Crippen LogP contribution is 2.14. The summed E-state index contributed by atoms with van der Waals surface area (Å²) < 4.78 is 1.91. The summed E-state index contributed by atoms with van der Waals surface area (Å²) in [6.07, 6.45) is 1.77. The van der Waals surface area contributed by atoms with Gasteiger partial charge in [0, 0.05) is 31.0 Å². The molecule has 0 aliphatic carbocycles. The zero-order chi connectivity index (χ0) is 21.4. The van der Waals surface area contributed by atoms with Crippen LogP contribution in [0.4, 0.5) is 5.69 Å². The number of anilines is 1.